The Balaban J connectivity index is 0.00000176. The highest BCUT2D eigenvalue weighted by Crippen LogP contribution is 2.23. The number of urea groups is 1. The van der Waals surface area contributed by atoms with Crippen molar-refractivity contribution in [3.63, 3.8) is 0 Å². The van der Waals surface area contributed by atoms with Crippen LogP contribution in [-0.2, 0) is 0 Å². The van der Waals surface area contributed by atoms with Gasteiger partial charge in [0.15, 0.2) is 0 Å². The van der Waals surface area contributed by atoms with Gasteiger partial charge in [0.2, 0.25) is 0 Å². The normalized spacial score (nSPS) is 16.6. The smallest absolute Gasteiger partial charge is 0.318 e. The molecule has 0 saturated carbocycles. The summed E-state index contributed by atoms with van der Waals surface area (Å²) in [6.45, 7) is 15.2. The van der Waals surface area contributed by atoms with Gasteiger partial charge in [-0.25, -0.2) is 4.79 Å². The van der Waals surface area contributed by atoms with Crippen LogP contribution in [0.3, 0.4) is 0 Å². The molecule has 4 heteroatoms. The van der Waals surface area contributed by atoms with Crippen molar-refractivity contribution in [1.29, 1.82) is 0 Å². The van der Waals surface area contributed by atoms with Crippen LogP contribution in [0.15, 0.2) is 24.3 Å². The highest BCUT2D eigenvalue weighted by atomic mass is 16.2. The Kier molecular flexibility index (Phi) is 10.2. The Bertz CT molecular complexity index is 604. The zero-order chi connectivity index (χ0) is 20.4. The fourth-order valence-corrected chi connectivity index (χ4v) is 3.70. The molecule has 152 valence electrons. The molecule has 1 aromatic carbocycles. The lowest BCUT2D eigenvalue weighted by Gasteiger charge is -2.37. The van der Waals surface area contributed by atoms with E-state index in [1.807, 2.05) is 25.7 Å². The van der Waals surface area contributed by atoms with Gasteiger partial charge in [-0.1, -0.05) is 44.2 Å². The summed E-state index contributed by atoms with van der Waals surface area (Å²) in [6.07, 6.45) is 6.29. The number of carbonyl (C=O) groups excluding carboxylic acids is 1. The Morgan fingerprint density at radius 1 is 1.33 bits per heavy atom. The van der Waals surface area contributed by atoms with E-state index in [1.54, 1.807) is 0 Å². The van der Waals surface area contributed by atoms with Gasteiger partial charge in [0, 0.05) is 12.6 Å². The van der Waals surface area contributed by atoms with Gasteiger partial charge in [0.05, 0.1) is 6.04 Å². The second kappa shape index (κ2) is 11.8. The number of piperidine rings is 1. The van der Waals surface area contributed by atoms with E-state index in [9.17, 15) is 4.79 Å². The minimum atomic E-state index is -0.0149. The van der Waals surface area contributed by atoms with Crippen LogP contribution in [0.1, 0.15) is 70.2 Å². The van der Waals surface area contributed by atoms with Gasteiger partial charge >= 0.3 is 6.03 Å². The highest BCUT2D eigenvalue weighted by Gasteiger charge is 2.26. The van der Waals surface area contributed by atoms with Crippen molar-refractivity contribution in [3.05, 3.63) is 41.0 Å². The number of benzene rings is 1. The van der Waals surface area contributed by atoms with Crippen LogP contribution >= 0.6 is 0 Å². The standard InChI is InChI=1S/C21H33N3O.C2H6/c1-6-9-19-16(3)10-8-11-20(19)17(4)22-21(25)24(7-2)18-12-14-23(5)15-13-18;1-2/h6,8-11,17-18H,7,12-15H2,1-5H3,(H,22,25);1-2H3/b9-6-;. The van der Waals surface area contributed by atoms with Crippen LogP contribution in [0, 0.1) is 6.92 Å². The molecule has 1 saturated heterocycles. The fraction of sp³-hybridized carbons (Fsp3) is 0.609. The van der Waals surface area contributed by atoms with Crippen molar-refractivity contribution >= 4 is 12.1 Å². The van der Waals surface area contributed by atoms with Crippen molar-refractivity contribution in [3.8, 4) is 0 Å². The highest BCUT2D eigenvalue weighted by molar-refractivity contribution is 5.75. The van der Waals surface area contributed by atoms with E-state index < -0.39 is 0 Å². The number of hydrogen-bond donors (Lipinski definition) is 1. The van der Waals surface area contributed by atoms with E-state index in [1.165, 1.54) is 16.7 Å². The number of nitrogens with zero attached hydrogens (tertiary/aromatic N) is 2. The molecule has 0 radical (unpaired) electrons. The summed E-state index contributed by atoms with van der Waals surface area (Å²) in [7, 11) is 2.15. The Hall–Kier alpha value is -1.81. The molecule has 0 aromatic heterocycles. The van der Waals surface area contributed by atoms with E-state index in [0.29, 0.717) is 6.04 Å². The fourth-order valence-electron chi connectivity index (χ4n) is 3.70. The number of nitrogens with one attached hydrogen (secondary N) is 1. The maximum atomic E-state index is 12.9. The van der Waals surface area contributed by atoms with Gasteiger partial charge in [-0.05, 0) is 77.4 Å². The summed E-state index contributed by atoms with van der Waals surface area (Å²) in [4.78, 5) is 17.2. The SMILES string of the molecule is C/C=C\c1c(C)cccc1C(C)NC(=O)N(CC)C1CCN(C)CC1.CC. The summed E-state index contributed by atoms with van der Waals surface area (Å²) in [5.74, 6) is 0. The summed E-state index contributed by atoms with van der Waals surface area (Å²) in [5, 5.41) is 3.22. The van der Waals surface area contributed by atoms with Crippen LogP contribution in [0.5, 0.6) is 0 Å². The molecule has 1 aromatic rings. The molecule has 1 heterocycles. The first-order valence-corrected chi connectivity index (χ1v) is 10.5. The zero-order valence-corrected chi connectivity index (χ0v) is 18.4. The molecule has 0 spiro atoms. The summed E-state index contributed by atoms with van der Waals surface area (Å²) < 4.78 is 0. The Labute approximate surface area is 166 Å². The third-order valence-corrected chi connectivity index (χ3v) is 5.23. The van der Waals surface area contributed by atoms with Crippen LogP contribution in [-0.4, -0.2) is 48.6 Å². The van der Waals surface area contributed by atoms with Gasteiger partial charge in [-0.15, -0.1) is 0 Å². The molecule has 1 aliphatic heterocycles. The minimum absolute atomic E-state index is 0.0149. The molecule has 1 unspecified atom stereocenters. The van der Waals surface area contributed by atoms with E-state index >= 15 is 0 Å². The number of carbonyl (C=O) groups is 1. The van der Waals surface area contributed by atoms with Crippen molar-refractivity contribution < 1.29 is 4.79 Å². The molecular formula is C23H39N3O. The van der Waals surface area contributed by atoms with E-state index in [-0.39, 0.29) is 12.1 Å². The second-order valence-corrected chi connectivity index (χ2v) is 7.07. The zero-order valence-electron chi connectivity index (χ0n) is 18.4. The van der Waals surface area contributed by atoms with E-state index in [0.717, 1.165) is 32.5 Å². The molecule has 1 atom stereocenters. The van der Waals surface area contributed by atoms with Crippen LogP contribution in [0.4, 0.5) is 4.79 Å². The average molecular weight is 374 g/mol. The molecule has 2 rings (SSSR count). The van der Waals surface area contributed by atoms with Crippen molar-refractivity contribution in [1.82, 2.24) is 15.1 Å². The van der Waals surface area contributed by atoms with Crippen LogP contribution < -0.4 is 5.32 Å². The number of rotatable bonds is 5. The van der Waals surface area contributed by atoms with Crippen molar-refractivity contribution in [2.45, 2.75) is 66.5 Å². The quantitative estimate of drug-likeness (QED) is 0.766. The lowest BCUT2D eigenvalue weighted by Crippen LogP contribution is -2.50. The molecule has 27 heavy (non-hydrogen) atoms. The molecular weight excluding hydrogens is 334 g/mol. The lowest BCUT2D eigenvalue weighted by atomic mass is 9.96. The lowest BCUT2D eigenvalue weighted by molar-refractivity contribution is 0.133. The number of aryl methyl sites for hydroxylation is 1. The maximum Gasteiger partial charge on any atom is 0.318 e. The molecule has 1 N–H and O–H groups in total. The predicted octanol–water partition coefficient (Wildman–Crippen LogP) is 5.24. The number of amides is 2. The summed E-state index contributed by atoms with van der Waals surface area (Å²) in [5.41, 5.74) is 3.62. The first-order valence-electron chi connectivity index (χ1n) is 10.5. The van der Waals surface area contributed by atoms with Crippen molar-refractivity contribution in [2.75, 3.05) is 26.7 Å². The third kappa shape index (κ3) is 6.39. The molecule has 1 aliphatic rings. The van der Waals surface area contributed by atoms with Crippen LogP contribution in [0.2, 0.25) is 0 Å². The first kappa shape index (κ1) is 23.2. The van der Waals surface area contributed by atoms with Gasteiger partial charge < -0.3 is 15.1 Å². The maximum absolute atomic E-state index is 12.9. The average Bonchev–Trinajstić information content (AvgIpc) is 2.67. The topological polar surface area (TPSA) is 35.6 Å². The Morgan fingerprint density at radius 3 is 2.52 bits per heavy atom. The first-order chi connectivity index (χ1) is 13.0. The molecule has 1 fully saturated rings. The molecule has 0 aliphatic carbocycles. The predicted molar refractivity (Wildman–Crippen MR) is 117 cm³/mol. The Morgan fingerprint density at radius 2 is 1.96 bits per heavy atom. The van der Waals surface area contributed by atoms with Gasteiger partial charge in [-0.2, -0.15) is 0 Å². The number of allylic oxidation sites excluding steroid dienone is 1. The minimum Gasteiger partial charge on any atom is -0.331 e. The summed E-state index contributed by atoms with van der Waals surface area (Å²) in [6, 6.07) is 6.68. The molecule has 0 bridgehead atoms. The summed E-state index contributed by atoms with van der Waals surface area (Å²) >= 11 is 0. The number of likely N-dealkylation sites (tertiary alicyclic amines) is 1. The number of hydrogen-bond acceptors (Lipinski definition) is 2. The largest absolute Gasteiger partial charge is 0.331 e. The van der Waals surface area contributed by atoms with E-state index in [4.69, 9.17) is 0 Å². The van der Waals surface area contributed by atoms with Crippen molar-refractivity contribution in [2.24, 2.45) is 0 Å². The van der Waals surface area contributed by atoms with Gasteiger partial charge in [0.1, 0.15) is 0 Å². The monoisotopic (exact) mass is 373 g/mol. The third-order valence-electron chi connectivity index (χ3n) is 5.23. The second-order valence-electron chi connectivity index (χ2n) is 7.07. The molecule has 2 amide bonds. The van der Waals surface area contributed by atoms with E-state index in [2.05, 4.69) is 68.4 Å². The van der Waals surface area contributed by atoms with Gasteiger partial charge in [-0.3, -0.25) is 0 Å². The van der Waals surface area contributed by atoms with Gasteiger partial charge in [0.25, 0.3) is 0 Å². The van der Waals surface area contributed by atoms with Crippen LogP contribution in [0.25, 0.3) is 6.08 Å². The molecule has 4 nitrogen and oxygen atoms in total.